The minimum Gasteiger partial charge on any atom is -0.224 e. The van der Waals surface area contributed by atoms with Gasteiger partial charge in [-0.1, -0.05) is 6.92 Å². The van der Waals surface area contributed by atoms with E-state index in [1.165, 1.54) is 0 Å². The van der Waals surface area contributed by atoms with E-state index in [9.17, 15) is 30.7 Å². The molecule has 0 aromatic heterocycles. The predicted molar refractivity (Wildman–Crippen MR) is 30.5 cm³/mol. The van der Waals surface area contributed by atoms with Crippen molar-refractivity contribution < 1.29 is 30.7 Å². The van der Waals surface area contributed by atoms with Crippen LogP contribution in [0.4, 0.5) is 30.7 Å². The zero-order chi connectivity index (χ0) is 10.9. The molecule has 0 spiro atoms. The van der Waals surface area contributed by atoms with Crippen LogP contribution in [0, 0.1) is 6.92 Å². The Bertz CT molecular complexity index is 151. The first-order valence-corrected chi connectivity index (χ1v) is 3.18. The molecule has 0 rings (SSSR count). The molecule has 13 heavy (non-hydrogen) atoms. The molecule has 0 saturated carbocycles. The fourth-order valence-corrected chi connectivity index (χ4v) is 0.688. The molecule has 0 aliphatic rings. The maximum absolute atomic E-state index is 12.5. The standard InChI is InChI=1S/C6H6F7/c1-2-3-4(7,5(8,9)10)6(11,12)13/h1-3H2. The van der Waals surface area contributed by atoms with E-state index >= 15 is 0 Å². The molecule has 0 aliphatic heterocycles. The number of rotatable bonds is 2. The largest absolute Gasteiger partial charge is 0.431 e. The maximum Gasteiger partial charge on any atom is 0.431 e. The van der Waals surface area contributed by atoms with Crippen molar-refractivity contribution >= 4 is 0 Å². The highest BCUT2D eigenvalue weighted by atomic mass is 19.4. The van der Waals surface area contributed by atoms with Crippen LogP contribution < -0.4 is 0 Å². The summed E-state index contributed by atoms with van der Waals surface area (Å²) in [6.45, 7) is 2.76. The third kappa shape index (κ3) is 2.25. The molecule has 0 fully saturated rings. The topological polar surface area (TPSA) is 0 Å². The average Bonchev–Trinajstić information content (AvgIpc) is 1.82. The van der Waals surface area contributed by atoms with Crippen molar-refractivity contribution in [2.75, 3.05) is 0 Å². The van der Waals surface area contributed by atoms with Crippen molar-refractivity contribution in [1.29, 1.82) is 0 Å². The molecular weight excluding hydrogens is 205 g/mol. The number of hydrogen-bond donors (Lipinski definition) is 0. The van der Waals surface area contributed by atoms with Gasteiger partial charge in [0.25, 0.3) is 5.67 Å². The van der Waals surface area contributed by atoms with E-state index in [1.807, 2.05) is 0 Å². The lowest BCUT2D eigenvalue weighted by Crippen LogP contribution is -2.53. The van der Waals surface area contributed by atoms with Crippen LogP contribution in [0.5, 0.6) is 0 Å². The van der Waals surface area contributed by atoms with E-state index in [1.54, 1.807) is 0 Å². The molecule has 0 aromatic rings. The average molecular weight is 211 g/mol. The summed E-state index contributed by atoms with van der Waals surface area (Å²) in [7, 11) is 0. The van der Waals surface area contributed by atoms with E-state index in [2.05, 4.69) is 6.92 Å². The van der Waals surface area contributed by atoms with Crippen LogP contribution in [0.1, 0.15) is 12.8 Å². The summed E-state index contributed by atoms with van der Waals surface area (Å²) in [4.78, 5) is 0. The number of hydrogen-bond acceptors (Lipinski definition) is 0. The summed E-state index contributed by atoms with van der Waals surface area (Å²) in [6, 6.07) is 0. The first kappa shape index (κ1) is 12.5. The van der Waals surface area contributed by atoms with Gasteiger partial charge in [-0.2, -0.15) is 26.3 Å². The van der Waals surface area contributed by atoms with E-state index < -0.39 is 30.9 Å². The van der Waals surface area contributed by atoms with E-state index in [0.717, 1.165) is 0 Å². The normalized spacial score (nSPS) is 14.8. The van der Waals surface area contributed by atoms with Gasteiger partial charge in [0.05, 0.1) is 0 Å². The predicted octanol–water partition coefficient (Wildman–Crippen LogP) is 3.43. The van der Waals surface area contributed by atoms with Crippen molar-refractivity contribution in [1.82, 2.24) is 0 Å². The van der Waals surface area contributed by atoms with Crippen molar-refractivity contribution in [3.05, 3.63) is 6.92 Å². The Kier molecular flexibility index (Phi) is 3.21. The Morgan fingerprint density at radius 2 is 1.08 bits per heavy atom. The molecule has 0 amide bonds. The van der Waals surface area contributed by atoms with Crippen molar-refractivity contribution in [3.8, 4) is 0 Å². The van der Waals surface area contributed by atoms with Gasteiger partial charge in [-0.25, -0.2) is 4.39 Å². The molecule has 0 unspecified atom stereocenters. The molecular formula is C6H6F7. The fraction of sp³-hybridized carbons (Fsp3) is 0.833. The van der Waals surface area contributed by atoms with Gasteiger partial charge < -0.3 is 0 Å². The molecule has 0 aromatic carbocycles. The zero-order valence-corrected chi connectivity index (χ0v) is 6.27. The van der Waals surface area contributed by atoms with Gasteiger partial charge in [-0.15, -0.1) is 0 Å². The van der Waals surface area contributed by atoms with E-state index in [4.69, 9.17) is 0 Å². The van der Waals surface area contributed by atoms with Gasteiger partial charge in [0.2, 0.25) is 0 Å². The van der Waals surface area contributed by atoms with Gasteiger partial charge in [-0.3, -0.25) is 0 Å². The van der Waals surface area contributed by atoms with Crippen LogP contribution in [-0.4, -0.2) is 18.0 Å². The second kappa shape index (κ2) is 3.34. The summed E-state index contributed by atoms with van der Waals surface area (Å²) < 4.78 is 82.5. The van der Waals surface area contributed by atoms with Crippen molar-refractivity contribution in [2.45, 2.75) is 30.9 Å². The molecule has 1 radical (unpaired) electrons. The highest BCUT2D eigenvalue weighted by molar-refractivity contribution is 4.94. The van der Waals surface area contributed by atoms with Gasteiger partial charge in [0.1, 0.15) is 0 Å². The van der Waals surface area contributed by atoms with Crippen molar-refractivity contribution in [3.63, 3.8) is 0 Å². The highest BCUT2D eigenvalue weighted by Gasteiger charge is 2.71. The summed E-state index contributed by atoms with van der Waals surface area (Å²) in [6.07, 6.45) is -14.4. The first-order valence-electron chi connectivity index (χ1n) is 3.18. The van der Waals surface area contributed by atoms with E-state index in [0.29, 0.717) is 0 Å². The zero-order valence-electron chi connectivity index (χ0n) is 6.27. The van der Waals surface area contributed by atoms with Crippen molar-refractivity contribution in [2.24, 2.45) is 0 Å². The fourth-order valence-electron chi connectivity index (χ4n) is 0.688. The minimum atomic E-state index is -5.94. The molecule has 0 bridgehead atoms. The Labute approximate surface area is 69.7 Å². The highest BCUT2D eigenvalue weighted by Crippen LogP contribution is 2.48. The lowest BCUT2D eigenvalue weighted by atomic mass is 9.99. The minimum absolute atomic E-state index is 0.782. The van der Waals surface area contributed by atoms with Gasteiger partial charge in [0, 0.05) is 0 Å². The summed E-state index contributed by atoms with van der Waals surface area (Å²) >= 11 is 0. The summed E-state index contributed by atoms with van der Waals surface area (Å²) in [5, 5.41) is 0. The summed E-state index contributed by atoms with van der Waals surface area (Å²) in [5.74, 6) is 0. The van der Waals surface area contributed by atoms with Gasteiger partial charge in [-0.05, 0) is 12.8 Å². The van der Waals surface area contributed by atoms with Gasteiger partial charge >= 0.3 is 12.4 Å². The third-order valence-electron chi connectivity index (χ3n) is 1.42. The smallest absolute Gasteiger partial charge is 0.224 e. The van der Waals surface area contributed by atoms with Crippen LogP contribution in [0.15, 0.2) is 0 Å². The first-order chi connectivity index (χ1) is 5.56. The quantitative estimate of drug-likeness (QED) is 0.614. The molecule has 7 heteroatoms. The SMILES string of the molecule is [CH2]CCC(F)(C(F)(F)F)C(F)(F)F. The Morgan fingerprint density at radius 3 is 1.15 bits per heavy atom. The number of halogens is 7. The van der Waals surface area contributed by atoms with Gasteiger partial charge in [0.15, 0.2) is 0 Å². The molecule has 79 valence electrons. The Balaban J connectivity index is 4.96. The molecule has 0 aliphatic carbocycles. The molecule has 0 nitrogen and oxygen atoms in total. The third-order valence-corrected chi connectivity index (χ3v) is 1.42. The van der Waals surface area contributed by atoms with Crippen LogP contribution in [-0.2, 0) is 0 Å². The monoisotopic (exact) mass is 211 g/mol. The van der Waals surface area contributed by atoms with Crippen LogP contribution >= 0.6 is 0 Å². The second-order valence-electron chi connectivity index (χ2n) is 2.40. The molecule has 0 saturated heterocycles. The number of alkyl halides is 7. The second-order valence-corrected chi connectivity index (χ2v) is 2.40. The van der Waals surface area contributed by atoms with Crippen LogP contribution in [0.2, 0.25) is 0 Å². The van der Waals surface area contributed by atoms with E-state index in [-0.39, 0.29) is 0 Å². The molecule has 0 heterocycles. The Morgan fingerprint density at radius 1 is 0.769 bits per heavy atom. The molecule has 0 atom stereocenters. The lowest BCUT2D eigenvalue weighted by molar-refractivity contribution is -0.343. The van der Waals surface area contributed by atoms with Crippen LogP contribution in [0.3, 0.4) is 0 Å². The maximum atomic E-state index is 12.5. The Hall–Kier alpha value is -0.490. The van der Waals surface area contributed by atoms with Crippen LogP contribution in [0.25, 0.3) is 0 Å². The lowest BCUT2D eigenvalue weighted by Gasteiger charge is -2.29. The summed E-state index contributed by atoms with van der Waals surface area (Å²) in [5.41, 5.74) is -5.14. The molecule has 0 N–H and O–H groups in total.